The predicted molar refractivity (Wildman–Crippen MR) is 73.5 cm³/mol. The smallest absolute Gasteiger partial charge is 0.199 e. The monoisotopic (exact) mass is 272 g/mol. The Bertz CT molecular complexity index is 606. The lowest BCUT2D eigenvalue weighted by molar-refractivity contribution is -0.108. The number of benzene rings is 1. The number of Topliss-reactive ketones (excluding diaryl/α,β-unsaturated/α-hetero) is 1. The Labute approximate surface area is 117 Å². The molecule has 2 aliphatic rings. The van der Waals surface area contributed by atoms with E-state index in [0.717, 1.165) is 11.8 Å². The van der Waals surface area contributed by atoms with Gasteiger partial charge in [0.2, 0.25) is 0 Å². The summed E-state index contributed by atoms with van der Waals surface area (Å²) < 4.78 is 10.9. The highest BCUT2D eigenvalue weighted by Crippen LogP contribution is 2.45. The van der Waals surface area contributed by atoms with Crippen LogP contribution in [-0.2, 0) is 14.3 Å². The molecule has 3 rings (SSSR count). The Morgan fingerprint density at radius 2 is 2.15 bits per heavy atom. The van der Waals surface area contributed by atoms with Gasteiger partial charge < -0.3 is 14.3 Å². The van der Waals surface area contributed by atoms with Gasteiger partial charge in [-0.25, -0.2) is 0 Å². The maximum absolute atomic E-state index is 12.8. The number of epoxide rings is 1. The Hall–Kier alpha value is -1.78. The highest BCUT2D eigenvalue weighted by Gasteiger charge is 2.58. The molecule has 4 heteroatoms. The van der Waals surface area contributed by atoms with Crippen molar-refractivity contribution in [2.45, 2.75) is 30.7 Å². The third-order valence-electron chi connectivity index (χ3n) is 4.16. The molecule has 0 N–H and O–H groups in total. The van der Waals surface area contributed by atoms with E-state index in [9.17, 15) is 9.59 Å². The summed E-state index contributed by atoms with van der Waals surface area (Å²) in [6.45, 7) is 1.83. The second-order valence-corrected chi connectivity index (χ2v) is 5.51. The van der Waals surface area contributed by atoms with E-state index in [4.69, 9.17) is 9.47 Å². The van der Waals surface area contributed by atoms with Crippen molar-refractivity contribution in [3.05, 3.63) is 41.5 Å². The van der Waals surface area contributed by atoms with Crippen molar-refractivity contribution in [3.63, 3.8) is 0 Å². The molecule has 0 spiro atoms. The maximum Gasteiger partial charge on any atom is 0.199 e. The number of carbonyl (C=O) groups excluding carboxylic acids is 2. The third-order valence-corrected chi connectivity index (χ3v) is 4.16. The van der Waals surface area contributed by atoms with E-state index in [1.807, 2.05) is 31.2 Å². The largest absolute Gasteiger partial charge is 0.366 e. The van der Waals surface area contributed by atoms with Gasteiger partial charge >= 0.3 is 0 Å². The standard InChI is InChI=1S/C16H16O4/c1-15(13(9-17)20-15)10-16(19-2)8-7-11-5-3-4-6-12(11)14(16)18/h3-9,13H,10H2,1-2H3. The van der Waals surface area contributed by atoms with Gasteiger partial charge in [0.05, 0.1) is 0 Å². The lowest BCUT2D eigenvalue weighted by Crippen LogP contribution is -2.44. The average Bonchev–Trinajstić information content (AvgIpc) is 3.13. The van der Waals surface area contributed by atoms with E-state index in [-0.39, 0.29) is 5.78 Å². The van der Waals surface area contributed by atoms with Crippen LogP contribution in [0, 0.1) is 0 Å². The second-order valence-electron chi connectivity index (χ2n) is 5.51. The summed E-state index contributed by atoms with van der Waals surface area (Å²) >= 11 is 0. The molecule has 1 aliphatic carbocycles. The van der Waals surface area contributed by atoms with Crippen LogP contribution in [0.25, 0.3) is 6.08 Å². The molecule has 0 amide bonds. The molecule has 1 aromatic rings. The van der Waals surface area contributed by atoms with Gasteiger partial charge in [-0.3, -0.25) is 4.79 Å². The van der Waals surface area contributed by atoms with Crippen LogP contribution in [-0.4, -0.2) is 36.5 Å². The lowest BCUT2D eigenvalue weighted by atomic mass is 9.78. The molecule has 1 saturated heterocycles. The van der Waals surface area contributed by atoms with Gasteiger partial charge in [-0.2, -0.15) is 0 Å². The summed E-state index contributed by atoms with van der Waals surface area (Å²) in [4.78, 5) is 23.6. The first kappa shape index (κ1) is 13.2. The quantitative estimate of drug-likeness (QED) is 0.621. The van der Waals surface area contributed by atoms with Crippen molar-refractivity contribution in [2.24, 2.45) is 0 Å². The number of ketones is 1. The summed E-state index contributed by atoms with van der Waals surface area (Å²) in [7, 11) is 1.51. The van der Waals surface area contributed by atoms with Crippen molar-refractivity contribution >= 4 is 18.1 Å². The first-order valence-electron chi connectivity index (χ1n) is 6.56. The molecular weight excluding hydrogens is 256 g/mol. The molecule has 1 aromatic carbocycles. The fourth-order valence-corrected chi connectivity index (χ4v) is 2.84. The molecule has 1 fully saturated rings. The summed E-state index contributed by atoms with van der Waals surface area (Å²) in [5.41, 5.74) is -0.145. The molecule has 0 aromatic heterocycles. The molecular formula is C16H16O4. The minimum absolute atomic E-state index is 0.0838. The zero-order valence-corrected chi connectivity index (χ0v) is 11.5. The first-order valence-corrected chi connectivity index (χ1v) is 6.56. The number of methoxy groups -OCH3 is 1. The van der Waals surface area contributed by atoms with E-state index < -0.39 is 17.3 Å². The molecule has 3 atom stereocenters. The van der Waals surface area contributed by atoms with Crippen molar-refractivity contribution in [2.75, 3.05) is 7.11 Å². The second kappa shape index (κ2) is 4.36. The van der Waals surface area contributed by atoms with Gasteiger partial charge in [0.1, 0.15) is 11.7 Å². The summed E-state index contributed by atoms with van der Waals surface area (Å²) in [6.07, 6.45) is 4.32. The molecule has 20 heavy (non-hydrogen) atoms. The highest BCUT2D eigenvalue weighted by atomic mass is 16.6. The average molecular weight is 272 g/mol. The maximum atomic E-state index is 12.8. The number of rotatable bonds is 4. The fourth-order valence-electron chi connectivity index (χ4n) is 2.84. The van der Waals surface area contributed by atoms with E-state index >= 15 is 0 Å². The molecule has 1 aliphatic heterocycles. The lowest BCUT2D eigenvalue weighted by Gasteiger charge is -2.32. The number of fused-ring (bicyclic) bond motifs is 1. The van der Waals surface area contributed by atoms with Crippen LogP contribution in [0.2, 0.25) is 0 Å². The van der Waals surface area contributed by atoms with Gasteiger partial charge in [-0.05, 0) is 18.6 Å². The molecule has 3 unspecified atom stereocenters. The molecule has 0 saturated carbocycles. The van der Waals surface area contributed by atoms with E-state index in [0.29, 0.717) is 12.0 Å². The third kappa shape index (κ3) is 1.84. The van der Waals surface area contributed by atoms with E-state index in [1.54, 1.807) is 12.1 Å². The SMILES string of the molecule is COC1(CC2(C)OC2C=O)C=Cc2ccccc2C1=O. The minimum Gasteiger partial charge on any atom is -0.366 e. The topological polar surface area (TPSA) is 55.9 Å². The van der Waals surface area contributed by atoms with E-state index in [1.165, 1.54) is 7.11 Å². The minimum atomic E-state index is -1.05. The zero-order chi connectivity index (χ0) is 14.4. The van der Waals surface area contributed by atoms with Crippen LogP contribution in [0.4, 0.5) is 0 Å². The van der Waals surface area contributed by atoms with Crippen molar-refractivity contribution in [1.82, 2.24) is 0 Å². The van der Waals surface area contributed by atoms with Gasteiger partial charge in [0, 0.05) is 19.1 Å². The molecule has 0 bridgehead atoms. The van der Waals surface area contributed by atoms with Crippen LogP contribution in [0.3, 0.4) is 0 Å². The van der Waals surface area contributed by atoms with E-state index in [2.05, 4.69) is 0 Å². The number of hydrogen-bond donors (Lipinski definition) is 0. The predicted octanol–water partition coefficient (Wildman–Crippen LogP) is 2.03. The first-order chi connectivity index (χ1) is 9.54. The highest BCUT2D eigenvalue weighted by molar-refractivity contribution is 6.09. The number of aldehydes is 1. The van der Waals surface area contributed by atoms with Crippen LogP contribution in [0.5, 0.6) is 0 Å². The number of hydrogen-bond acceptors (Lipinski definition) is 4. The summed E-state index contributed by atoms with van der Waals surface area (Å²) in [5.74, 6) is -0.0838. The normalized spacial score (nSPS) is 34.7. The Kier molecular flexibility index (Phi) is 2.88. The summed E-state index contributed by atoms with van der Waals surface area (Å²) in [6, 6.07) is 7.42. The molecule has 1 heterocycles. The number of ether oxygens (including phenoxy) is 2. The van der Waals surface area contributed by atoms with Crippen molar-refractivity contribution < 1.29 is 19.1 Å². The van der Waals surface area contributed by atoms with Gasteiger partial charge in [-0.1, -0.05) is 30.3 Å². The van der Waals surface area contributed by atoms with Crippen molar-refractivity contribution in [1.29, 1.82) is 0 Å². The van der Waals surface area contributed by atoms with Gasteiger partial charge in [-0.15, -0.1) is 0 Å². The molecule has 104 valence electrons. The van der Waals surface area contributed by atoms with Crippen LogP contribution >= 0.6 is 0 Å². The molecule has 0 radical (unpaired) electrons. The van der Waals surface area contributed by atoms with Crippen LogP contribution in [0.15, 0.2) is 30.3 Å². The Balaban J connectivity index is 1.96. The Morgan fingerprint density at radius 1 is 1.40 bits per heavy atom. The Morgan fingerprint density at radius 3 is 2.80 bits per heavy atom. The number of carbonyl (C=O) groups is 2. The van der Waals surface area contributed by atoms with Crippen molar-refractivity contribution in [3.8, 4) is 0 Å². The van der Waals surface area contributed by atoms with Crippen LogP contribution in [0.1, 0.15) is 29.3 Å². The zero-order valence-electron chi connectivity index (χ0n) is 11.5. The fraction of sp³-hybridized carbons (Fsp3) is 0.375. The molecule has 4 nitrogen and oxygen atoms in total. The van der Waals surface area contributed by atoms with Gasteiger partial charge in [0.15, 0.2) is 17.7 Å². The summed E-state index contributed by atoms with van der Waals surface area (Å²) in [5, 5.41) is 0. The van der Waals surface area contributed by atoms with Crippen LogP contribution < -0.4 is 0 Å². The van der Waals surface area contributed by atoms with Gasteiger partial charge in [0.25, 0.3) is 0 Å².